The zero-order valence-corrected chi connectivity index (χ0v) is 17.6. The van der Waals surface area contributed by atoms with Crippen molar-refractivity contribution in [1.82, 2.24) is 15.8 Å². The number of rotatable bonds is 5. The van der Waals surface area contributed by atoms with Gasteiger partial charge in [-0.3, -0.25) is 4.79 Å². The van der Waals surface area contributed by atoms with Gasteiger partial charge in [0.2, 0.25) is 5.91 Å². The first kappa shape index (κ1) is 20.8. The second-order valence-electron chi connectivity index (χ2n) is 7.15. The Hall–Kier alpha value is -1.93. The molecule has 0 saturated carbocycles. The van der Waals surface area contributed by atoms with E-state index in [-0.39, 0.29) is 28.9 Å². The number of hydrazine groups is 1. The summed E-state index contributed by atoms with van der Waals surface area (Å²) in [7, 11) is -1.48. The minimum absolute atomic E-state index is 0.00500. The molecule has 0 aliphatic carbocycles. The molecule has 1 aliphatic heterocycles. The second kappa shape index (κ2) is 8.21. The van der Waals surface area contributed by atoms with E-state index in [1.165, 1.54) is 6.26 Å². The van der Waals surface area contributed by atoms with E-state index in [1.54, 1.807) is 36.2 Å². The number of hydrogen-bond donors (Lipinski definition) is 2. The van der Waals surface area contributed by atoms with Gasteiger partial charge in [0.15, 0.2) is 9.84 Å². The van der Waals surface area contributed by atoms with Crippen molar-refractivity contribution in [3.8, 4) is 0 Å². The minimum atomic E-state index is -3.24. The number of benzene rings is 2. The highest BCUT2D eigenvalue weighted by atomic mass is 35.5. The second-order valence-corrected chi connectivity index (χ2v) is 9.60. The van der Waals surface area contributed by atoms with Gasteiger partial charge in [-0.05, 0) is 48.7 Å². The molecule has 3 unspecified atom stereocenters. The molecule has 8 heteroatoms. The van der Waals surface area contributed by atoms with Crippen molar-refractivity contribution >= 4 is 27.3 Å². The largest absolute Gasteiger partial charge is 0.338 e. The maximum Gasteiger partial charge on any atom is 0.241 e. The lowest BCUT2D eigenvalue weighted by molar-refractivity contribution is -0.133. The number of nitrogens with zero attached hydrogens (tertiary/aromatic N) is 1. The van der Waals surface area contributed by atoms with Gasteiger partial charge < -0.3 is 4.90 Å². The molecule has 1 fully saturated rings. The fourth-order valence-corrected chi connectivity index (χ4v) is 4.14. The number of carbonyl (C=O) groups excluding carboxylic acids is 1. The molecule has 150 valence electrons. The van der Waals surface area contributed by atoms with Gasteiger partial charge in [0.25, 0.3) is 0 Å². The lowest BCUT2D eigenvalue weighted by atomic mass is 10.0. The van der Waals surface area contributed by atoms with Crippen LogP contribution in [-0.4, -0.2) is 38.6 Å². The highest BCUT2D eigenvalue weighted by Gasteiger charge is 2.33. The molecule has 3 atom stereocenters. The van der Waals surface area contributed by atoms with E-state index in [9.17, 15) is 13.2 Å². The van der Waals surface area contributed by atoms with Crippen LogP contribution in [0.3, 0.4) is 0 Å². The molecule has 6 nitrogen and oxygen atoms in total. The summed E-state index contributed by atoms with van der Waals surface area (Å²) >= 11 is 6.06. The van der Waals surface area contributed by atoms with Gasteiger partial charge in [-0.15, -0.1) is 0 Å². The summed E-state index contributed by atoms with van der Waals surface area (Å²) in [5, 5.41) is 0.664. The van der Waals surface area contributed by atoms with Crippen LogP contribution in [-0.2, 0) is 14.6 Å². The smallest absolute Gasteiger partial charge is 0.241 e. The van der Waals surface area contributed by atoms with Gasteiger partial charge in [-0.1, -0.05) is 35.9 Å². The zero-order chi connectivity index (χ0) is 20.5. The van der Waals surface area contributed by atoms with Crippen LogP contribution in [0.25, 0.3) is 0 Å². The van der Waals surface area contributed by atoms with E-state index in [2.05, 4.69) is 10.9 Å². The Morgan fingerprint density at radius 2 is 1.86 bits per heavy atom. The van der Waals surface area contributed by atoms with Crippen LogP contribution in [0.5, 0.6) is 0 Å². The summed E-state index contributed by atoms with van der Waals surface area (Å²) in [5.41, 5.74) is 8.15. The molecular weight excluding hydrogens is 398 g/mol. The predicted molar refractivity (Wildman–Crippen MR) is 110 cm³/mol. The van der Waals surface area contributed by atoms with Gasteiger partial charge >= 0.3 is 0 Å². The van der Waals surface area contributed by atoms with Gasteiger partial charge in [0, 0.05) is 24.4 Å². The van der Waals surface area contributed by atoms with Crippen LogP contribution in [0, 0.1) is 0 Å². The quantitative estimate of drug-likeness (QED) is 0.776. The SMILES string of the molecule is CC(c1ccc(S(C)(=O)=O)cc1)N(C)C(=O)C1CC(c2cccc(Cl)c2)NN1. The zero-order valence-electron chi connectivity index (χ0n) is 16.0. The average Bonchev–Trinajstić information content (AvgIpc) is 3.16. The summed E-state index contributed by atoms with van der Waals surface area (Å²) in [6, 6.07) is 13.7. The Kier molecular flexibility index (Phi) is 6.09. The normalized spacial score (nSPS) is 20.7. The van der Waals surface area contributed by atoms with Crippen molar-refractivity contribution < 1.29 is 13.2 Å². The van der Waals surface area contributed by atoms with Gasteiger partial charge in [0.1, 0.15) is 6.04 Å². The molecule has 0 bridgehead atoms. The van der Waals surface area contributed by atoms with E-state index in [4.69, 9.17) is 11.6 Å². The lowest BCUT2D eigenvalue weighted by Gasteiger charge is -2.28. The van der Waals surface area contributed by atoms with Gasteiger partial charge in [0.05, 0.1) is 10.9 Å². The van der Waals surface area contributed by atoms with Crippen molar-refractivity contribution in [2.24, 2.45) is 0 Å². The number of likely N-dealkylation sites (N-methyl/N-ethyl adjacent to an activating group) is 1. The fourth-order valence-electron chi connectivity index (χ4n) is 3.31. The van der Waals surface area contributed by atoms with Crippen molar-refractivity contribution in [3.63, 3.8) is 0 Å². The maximum absolute atomic E-state index is 12.9. The molecule has 3 rings (SSSR count). The van der Waals surface area contributed by atoms with Crippen LogP contribution < -0.4 is 10.9 Å². The van der Waals surface area contributed by atoms with Crippen molar-refractivity contribution in [2.45, 2.75) is 36.4 Å². The molecule has 28 heavy (non-hydrogen) atoms. The standard InChI is InChI=1S/C20H24ClN3O3S/c1-13(14-7-9-17(10-8-14)28(3,26)27)24(2)20(25)19-12-18(22-23-19)15-5-4-6-16(21)11-15/h4-11,13,18-19,22-23H,12H2,1-3H3. The molecule has 1 saturated heterocycles. The molecule has 2 aromatic carbocycles. The average molecular weight is 422 g/mol. The van der Waals surface area contributed by atoms with Crippen LogP contribution in [0.4, 0.5) is 0 Å². The Morgan fingerprint density at radius 3 is 2.46 bits per heavy atom. The molecule has 1 aliphatic rings. The summed E-state index contributed by atoms with van der Waals surface area (Å²) in [4.78, 5) is 14.9. The Bertz CT molecular complexity index is 963. The molecular formula is C20H24ClN3O3S. The number of hydrogen-bond acceptors (Lipinski definition) is 5. The van der Waals surface area contributed by atoms with Crippen LogP contribution in [0.15, 0.2) is 53.4 Å². The molecule has 2 N–H and O–H groups in total. The Morgan fingerprint density at radius 1 is 1.18 bits per heavy atom. The number of sulfone groups is 1. The summed E-state index contributed by atoms with van der Waals surface area (Å²) in [6.07, 6.45) is 1.79. The predicted octanol–water partition coefficient (Wildman–Crippen LogP) is 2.87. The van der Waals surface area contributed by atoms with Crippen LogP contribution >= 0.6 is 11.6 Å². The van der Waals surface area contributed by atoms with Gasteiger partial charge in [-0.2, -0.15) is 0 Å². The van der Waals surface area contributed by atoms with E-state index in [1.807, 2.05) is 31.2 Å². The molecule has 0 aromatic heterocycles. The maximum atomic E-state index is 12.9. The fraction of sp³-hybridized carbons (Fsp3) is 0.350. The molecule has 1 heterocycles. The third kappa shape index (κ3) is 4.55. The first-order valence-electron chi connectivity index (χ1n) is 9.00. The Labute approximate surface area is 170 Å². The minimum Gasteiger partial charge on any atom is -0.338 e. The number of halogens is 1. The lowest BCUT2D eigenvalue weighted by Crippen LogP contribution is -2.44. The summed E-state index contributed by atoms with van der Waals surface area (Å²) < 4.78 is 23.2. The van der Waals surface area contributed by atoms with Gasteiger partial charge in [-0.25, -0.2) is 19.3 Å². The molecule has 2 aromatic rings. The first-order valence-corrected chi connectivity index (χ1v) is 11.3. The highest BCUT2D eigenvalue weighted by Crippen LogP contribution is 2.27. The number of amides is 1. The third-order valence-corrected chi connectivity index (χ3v) is 6.54. The molecule has 0 radical (unpaired) electrons. The third-order valence-electron chi connectivity index (χ3n) is 5.17. The Balaban J connectivity index is 1.67. The summed E-state index contributed by atoms with van der Waals surface area (Å²) in [6.45, 7) is 1.92. The monoisotopic (exact) mass is 421 g/mol. The van der Waals surface area contributed by atoms with E-state index >= 15 is 0 Å². The van der Waals surface area contributed by atoms with E-state index in [0.717, 1.165) is 11.1 Å². The van der Waals surface area contributed by atoms with Crippen molar-refractivity contribution in [1.29, 1.82) is 0 Å². The first-order chi connectivity index (χ1) is 13.2. The van der Waals surface area contributed by atoms with Crippen molar-refractivity contribution in [3.05, 3.63) is 64.7 Å². The summed E-state index contributed by atoms with van der Waals surface area (Å²) in [5.74, 6) is -0.0308. The number of carbonyl (C=O) groups is 1. The molecule has 1 amide bonds. The van der Waals surface area contributed by atoms with E-state index in [0.29, 0.717) is 11.4 Å². The molecule has 0 spiro atoms. The van der Waals surface area contributed by atoms with Crippen molar-refractivity contribution in [2.75, 3.05) is 13.3 Å². The highest BCUT2D eigenvalue weighted by molar-refractivity contribution is 7.90. The van der Waals surface area contributed by atoms with Crippen LogP contribution in [0.2, 0.25) is 5.02 Å². The number of nitrogens with one attached hydrogen (secondary N) is 2. The van der Waals surface area contributed by atoms with Crippen LogP contribution in [0.1, 0.15) is 36.6 Å². The van der Waals surface area contributed by atoms with E-state index < -0.39 is 9.84 Å². The topological polar surface area (TPSA) is 78.5 Å².